The van der Waals surface area contributed by atoms with Crippen LogP contribution in [-0.4, -0.2) is 33.8 Å². The van der Waals surface area contributed by atoms with Gasteiger partial charge in [0.15, 0.2) is 8.32 Å². The summed E-state index contributed by atoms with van der Waals surface area (Å²) in [5.74, 6) is 1.43. The summed E-state index contributed by atoms with van der Waals surface area (Å²) in [5, 5.41) is 4.43. The first-order valence-corrected chi connectivity index (χ1v) is 21.7. The molecule has 5 heteroatoms. The van der Waals surface area contributed by atoms with Crippen LogP contribution in [0.25, 0.3) is 0 Å². The molecular formula is C41H56O3PSi+. The van der Waals surface area contributed by atoms with Crippen LogP contribution in [0.3, 0.4) is 0 Å². The minimum atomic E-state index is -2.06. The molecule has 0 radical (unpaired) electrons. The molecule has 0 bridgehead atoms. The van der Waals surface area contributed by atoms with Crippen molar-refractivity contribution in [1.82, 2.24) is 0 Å². The minimum Gasteiger partial charge on any atom is -0.497 e. The molecule has 0 heterocycles. The van der Waals surface area contributed by atoms with Gasteiger partial charge in [-0.05, 0) is 91.5 Å². The Morgan fingerprint density at radius 1 is 0.674 bits per heavy atom. The van der Waals surface area contributed by atoms with Gasteiger partial charge in [0.1, 0.15) is 28.9 Å². The number of benzene rings is 4. The average Bonchev–Trinajstić information content (AvgIpc) is 3.07. The Kier molecular flexibility index (Phi) is 12.5. The summed E-state index contributed by atoms with van der Waals surface area (Å²) in [7, 11) is -2.29. The van der Waals surface area contributed by atoms with Crippen LogP contribution in [0.2, 0.25) is 18.1 Å². The first-order valence-electron chi connectivity index (χ1n) is 16.9. The van der Waals surface area contributed by atoms with Crippen molar-refractivity contribution in [1.29, 1.82) is 0 Å². The second kappa shape index (κ2) is 15.9. The van der Waals surface area contributed by atoms with E-state index in [1.807, 2.05) is 12.1 Å². The Balaban J connectivity index is 1.66. The van der Waals surface area contributed by atoms with E-state index >= 15 is 0 Å². The normalized spacial score (nSPS) is 15.2. The third-order valence-electron chi connectivity index (χ3n) is 10.2. The van der Waals surface area contributed by atoms with Crippen LogP contribution in [0.4, 0.5) is 0 Å². The molecule has 4 atom stereocenters. The fraction of sp³-hybridized carbons (Fsp3) is 0.415. The molecule has 4 aromatic rings. The average molecular weight is 656 g/mol. The van der Waals surface area contributed by atoms with Gasteiger partial charge < -0.3 is 13.9 Å². The number of methoxy groups -OCH3 is 1. The molecule has 4 rings (SSSR count). The smallest absolute Gasteiger partial charge is 0.192 e. The molecule has 0 amide bonds. The van der Waals surface area contributed by atoms with Crippen molar-refractivity contribution in [3.63, 3.8) is 0 Å². The van der Waals surface area contributed by atoms with E-state index < -0.39 is 15.6 Å². The highest BCUT2D eigenvalue weighted by Crippen LogP contribution is 2.56. The molecule has 4 unspecified atom stereocenters. The van der Waals surface area contributed by atoms with Crippen LogP contribution >= 0.6 is 7.26 Å². The van der Waals surface area contributed by atoms with Gasteiger partial charge in [-0.1, -0.05) is 101 Å². The van der Waals surface area contributed by atoms with Crippen molar-refractivity contribution in [3.8, 4) is 5.75 Å². The second-order valence-corrected chi connectivity index (χ2v) is 22.7. The highest BCUT2D eigenvalue weighted by Gasteiger charge is 2.47. The zero-order chi connectivity index (χ0) is 33.4. The molecule has 0 aromatic heterocycles. The Morgan fingerprint density at radius 3 is 1.54 bits per heavy atom. The predicted octanol–water partition coefficient (Wildman–Crippen LogP) is 9.65. The van der Waals surface area contributed by atoms with E-state index in [0.29, 0.717) is 12.5 Å². The van der Waals surface area contributed by atoms with E-state index in [9.17, 15) is 0 Å². The maximum atomic E-state index is 7.37. The first-order chi connectivity index (χ1) is 21.9. The third kappa shape index (κ3) is 8.58. The molecule has 0 spiro atoms. The van der Waals surface area contributed by atoms with Crippen LogP contribution in [0.5, 0.6) is 5.75 Å². The molecule has 0 saturated carbocycles. The molecule has 0 aliphatic heterocycles. The second-order valence-electron chi connectivity index (χ2n) is 14.4. The zero-order valence-electron chi connectivity index (χ0n) is 29.6. The number of hydrogen-bond donors (Lipinski definition) is 0. The number of rotatable bonds is 15. The van der Waals surface area contributed by atoms with Crippen LogP contribution in [0.15, 0.2) is 115 Å². The molecule has 246 valence electrons. The molecule has 0 aliphatic rings. The van der Waals surface area contributed by atoms with Gasteiger partial charge in [0.2, 0.25) is 0 Å². The minimum absolute atomic E-state index is 0.0382. The molecule has 0 aliphatic carbocycles. The molecule has 46 heavy (non-hydrogen) atoms. The van der Waals surface area contributed by atoms with Gasteiger partial charge in [-0.25, -0.2) is 0 Å². The van der Waals surface area contributed by atoms with Crippen molar-refractivity contribution in [2.45, 2.75) is 84.9 Å². The molecular weight excluding hydrogens is 600 g/mol. The van der Waals surface area contributed by atoms with E-state index in [2.05, 4.69) is 158 Å². The lowest BCUT2D eigenvalue weighted by atomic mass is 9.88. The predicted molar refractivity (Wildman–Crippen MR) is 202 cm³/mol. The van der Waals surface area contributed by atoms with Gasteiger partial charge >= 0.3 is 0 Å². The summed E-state index contributed by atoms with van der Waals surface area (Å²) in [4.78, 5) is 0. The standard InChI is InChI=1S/C41H56O3PSi/c1-32(29-30-45(37-19-13-10-14-20-37,38-21-15-11-16-22-38)39-23-17-12-18-24-39)40(44-46(8,9)41(4,5)6)33(2)34(3)43-31-35-25-27-36(42-7)28-26-35/h10-28,32-34,40H,29-31H2,1-9H3/q+1. The summed E-state index contributed by atoms with van der Waals surface area (Å²) >= 11 is 0. The van der Waals surface area contributed by atoms with E-state index in [4.69, 9.17) is 13.9 Å². The maximum absolute atomic E-state index is 7.37. The molecule has 0 fully saturated rings. The molecule has 0 N–H and O–H groups in total. The molecule has 4 aromatic carbocycles. The van der Waals surface area contributed by atoms with Gasteiger partial charge in [0, 0.05) is 5.92 Å². The SMILES string of the molecule is COc1ccc(COC(C)C(C)C(O[Si](C)(C)C(C)(C)C)C(C)CC[P+](c2ccccc2)(c2ccccc2)c2ccccc2)cc1. The fourth-order valence-corrected chi connectivity index (χ4v) is 12.1. The van der Waals surface area contributed by atoms with Gasteiger partial charge in [-0.3, -0.25) is 0 Å². The summed E-state index contributed by atoms with van der Waals surface area (Å²) in [6.45, 7) is 19.3. The van der Waals surface area contributed by atoms with Crippen molar-refractivity contribution in [3.05, 3.63) is 121 Å². The Labute approximate surface area is 281 Å². The van der Waals surface area contributed by atoms with Gasteiger partial charge in [-0.15, -0.1) is 0 Å². The lowest BCUT2D eigenvalue weighted by Crippen LogP contribution is -2.49. The Hall–Kier alpha value is -2.75. The summed E-state index contributed by atoms with van der Waals surface area (Å²) in [6.07, 6.45) is 2.26. The summed E-state index contributed by atoms with van der Waals surface area (Å²) < 4.78 is 19.3. The number of hydrogen-bond acceptors (Lipinski definition) is 3. The lowest BCUT2D eigenvalue weighted by Gasteiger charge is -2.44. The number of ether oxygens (including phenoxy) is 2. The molecule has 0 saturated heterocycles. The van der Waals surface area contributed by atoms with Crippen molar-refractivity contribution < 1.29 is 13.9 Å². The van der Waals surface area contributed by atoms with Crippen LogP contribution in [0.1, 0.15) is 53.5 Å². The largest absolute Gasteiger partial charge is 0.497 e. The van der Waals surface area contributed by atoms with Crippen molar-refractivity contribution in [2.75, 3.05) is 13.3 Å². The van der Waals surface area contributed by atoms with Gasteiger partial charge in [0.25, 0.3) is 0 Å². The fourth-order valence-electron chi connectivity index (χ4n) is 6.07. The van der Waals surface area contributed by atoms with Crippen LogP contribution in [0, 0.1) is 11.8 Å². The monoisotopic (exact) mass is 655 g/mol. The van der Waals surface area contributed by atoms with E-state index in [0.717, 1.165) is 23.9 Å². The third-order valence-corrected chi connectivity index (χ3v) is 19.2. The van der Waals surface area contributed by atoms with Crippen LogP contribution < -0.4 is 20.7 Å². The topological polar surface area (TPSA) is 27.7 Å². The highest BCUT2D eigenvalue weighted by molar-refractivity contribution is 7.95. The molecule has 3 nitrogen and oxygen atoms in total. The van der Waals surface area contributed by atoms with Gasteiger partial charge in [0.05, 0.1) is 32.1 Å². The first kappa shape index (κ1) is 36.1. The van der Waals surface area contributed by atoms with Crippen LogP contribution in [-0.2, 0) is 15.8 Å². The van der Waals surface area contributed by atoms with E-state index in [-0.39, 0.29) is 23.2 Å². The summed E-state index contributed by atoms with van der Waals surface area (Å²) in [6, 6.07) is 41.9. The van der Waals surface area contributed by atoms with Crippen molar-refractivity contribution in [2.24, 2.45) is 11.8 Å². The Bertz CT molecular complexity index is 1360. The van der Waals surface area contributed by atoms with E-state index in [1.165, 1.54) is 15.9 Å². The van der Waals surface area contributed by atoms with Gasteiger partial charge in [-0.2, -0.15) is 0 Å². The highest BCUT2D eigenvalue weighted by atomic mass is 31.2. The quantitative estimate of drug-likeness (QED) is 0.0943. The van der Waals surface area contributed by atoms with Crippen molar-refractivity contribution >= 4 is 31.5 Å². The zero-order valence-corrected chi connectivity index (χ0v) is 31.5. The lowest BCUT2D eigenvalue weighted by molar-refractivity contribution is -0.0395. The Morgan fingerprint density at radius 2 is 1.13 bits per heavy atom. The van der Waals surface area contributed by atoms with E-state index in [1.54, 1.807) is 7.11 Å². The maximum Gasteiger partial charge on any atom is 0.192 e. The summed E-state index contributed by atoms with van der Waals surface area (Å²) in [5.41, 5.74) is 1.15.